The number of amides is 1. The summed E-state index contributed by atoms with van der Waals surface area (Å²) in [5.74, 6) is 0.484. The third-order valence-electron chi connectivity index (χ3n) is 4.89. The third-order valence-corrected chi connectivity index (χ3v) is 4.89. The molecular formula is C18H24ClF3N2O2. The van der Waals surface area contributed by atoms with E-state index in [1.807, 2.05) is 18.2 Å². The highest BCUT2D eigenvalue weighted by Gasteiger charge is 2.35. The van der Waals surface area contributed by atoms with Crippen LogP contribution in [-0.2, 0) is 11.2 Å². The van der Waals surface area contributed by atoms with Crippen LogP contribution < -0.4 is 5.32 Å². The number of benzene rings is 1. The highest BCUT2D eigenvalue weighted by Crippen LogP contribution is 2.25. The van der Waals surface area contributed by atoms with Gasteiger partial charge in [0.15, 0.2) is 0 Å². The van der Waals surface area contributed by atoms with Crippen LogP contribution >= 0.6 is 12.4 Å². The first-order valence-corrected chi connectivity index (χ1v) is 8.74. The number of carbonyl (C=O) groups excluding carboxylic acids is 1. The molecule has 0 radical (unpaired) electrons. The monoisotopic (exact) mass is 392 g/mol. The predicted octanol–water partition coefficient (Wildman–Crippen LogP) is 3.40. The Morgan fingerprint density at radius 2 is 1.96 bits per heavy atom. The third kappa shape index (κ3) is 5.86. The first-order chi connectivity index (χ1) is 11.9. The number of nitrogens with zero attached hydrogens (tertiary/aromatic N) is 1. The minimum atomic E-state index is -4.61. The second-order valence-electron chi connectivity index (χ2n) is 6.82. The average Bonchev–Trinajstić information content (AvgIpc) is 3.07. The molecule has 1 aromatic carbocycles. The number of hydrogen-bond donors (Lipinski definition) is 1. The van der Waals surface area contributed by atoms with E-state index < -0.39 is 12.5 Å². The second-order valence-corrected chi connectivity index (χ2v) is 6.82. The molecule has 0 spiro atoms. The molecule has 3 rings (SSSR count). The van der Waals surface area contributed by atoms with Crippen molar-refractivity contribution < 1.29 is 22.7 Å². The summed E-state index contributed by atoms with van der Waals surface area (Å²) in [5.41, 5.74) is 1.74. The van der Waals surface area contributed by atoms with Crippen LogP contribution in [-0.4, -0.2) is 49.5 Å². The molecule has 1 unspecified atom stereocenters. The molecule has 2 heterocycles. The van der Waals surface area contributed by atoms with Crippen molar-refractivity contribution in [3.63, 3.8) is 0 Å². The van der Waals surface area contributed by atoms with Gasteiger partial charge in [0, 0.05) is 18.7 Å². The van der Waals surface area contributed by atoms with Crippen molar-refractivity contribution in [3.05, 3.63) is 35.4 Å². The van der Waals surface area contributed by atoms with Crippen LogP contribution in [0, 0.1) is 5.92 Å². The van der Waals surface area contributed by atoms with Crippen molar-refractivity contribution >= 4 is 18.3 Å². The highest BCUT2D eigenvalue weighted by atomic mass is 35.5. The summed E-state index contributed by atoms with van der Waals surface area (Å²) in [7, 11) is 0. The Morgan fingerprint density at radius 1 is 1.23 bits per heavy atom. The van der Waals surface area contributed by atoms with E-state index in [0.29, 0.717) is 11.5 Å². The summed E-state index contributed by atoms with van der Waals surface area (Å²) in [6.07, 6.45) is -2.97. The summed E-state index contributed by atoms with van der Waals surface area (Å²) in [5, 5.41) is 3.33. The van der Waals surface area contributed by atoms with Crippen LogP contribution in [0.2, 0.25) is 0 Å². The number of halogens is 4. The van der Waals surface area contributed by atoms with Gasteiger partial charge in [0.25, 0.3) is 5.91 Å². The SMILES string of the molecule is Cl.O=C(c1cccc(CC2CCNC2)c1)N1CCC(OC(F)(F)F)CC1. The summed E-state index contributed by atoms with van der Waals surface area (Å²) in [6, 6.07) is 7.60. The molecule has 0 aliphatic carbocycles. The van der Waals surface area contributed by atoms with Crippen molar-refractivity contribution in [1.82, 2.24) is 10.2 Å². The lowest BCUT2D eigenvalue weighted by Gasteiger charge is -2.32. The van der Waals surface area contributed by atoms with E-state index in [1.54, 1.807) is 11.0 Å². The number of rotatable bonds is 4. The molecule has 4 nitrogen and oxygen atoms in total. The van der Waals surface area contributed by atoms with E-state index in [2.05, 4.69) is 10.1 Å². The molecule has 2 aliphatic rings. The minimum Gasteiger partial charge on any atom is -0.338 e. The first-order valence-electron chi connectivity index (χ1n) is 8.74. The highest BCUT2D eigenvalue weighted by molar-refractivity contribution is 5.94. The van der Waals surface area contributed by atoms with Crippen LogP contribution in [0.4, 0.5) is 13.2 Å². The van der Waals surface area contributed by atoms with Gasteiger partial charge in [0.05, 0.1) is 6.10 Å². The molecule has 1 amide bonds. The van der Waals surface area contributed by atoms with E-state index in [0.717, 1.165) is 31.5 Å². The van der Waals surface area contributed by atoms with Crippen LogP contribution in [0.5, 0.6) is 0 Å². The van der Waals surface area contributed by atoms with Crippen molar-refractivity contribution in [2.75, 3.05) is 26.2 Å². The number of carbonyl (C=O) groups is 1. The van der Waals surface area contributed by atoms with Crippen LogP contribution in [0.25, 0.3) is 0 Å². The number of ether oxygens (including phenoxy) is 1. The maximum atomic E-state index is 12.6. The normalized spacial score (nSPS) is 21.5. The summed E-state index contributed by atoms with van der Waals surface area (Å²) >= 11 is 0. The lowest BCUT2D eigenvalue weighted by Crippen LogP contribution is -2.42. The molecule has 8 heteroatoms. The number of hydrogen-bond acceptors (Lipinski definition) is 3. The molecule has 2 saturated heterocycles. The molecule has 1 N–H and O–H groups in total. The van der Waals surface area contributed by atoms with Crippen molar-refractivity contribution in [2.24, 2.45) is 5.92 Å². The quantitative estimate of drug-likeness (QED) is 0.853. The zero-order valence-corrected chi connectivity index (χ0v) is 15.2. The number of nitrogens with one attached hydrogen (secondary N) is 1. The Kier molecular flexibility index (Phi) is 7.32. The van der Waals surface area contributed by atoms with E-state index in [1.165, 1.54) is 0 Å². The molecule has 1 atom stereocenters. The molecular weight excluding hydrogens is 369 g/mol. The van der Waals surface area contributed by atoms with Gasteiger partial charge >= 0.3 is 6.36 Å². The zero-order valence-electron chi connectivity index (χ0n) is 14.4. The fourth-order valence-corrected chi connectivity index (χ4v) is 3.60. The summed E-state index contributed by atoms with van der Waals surface area (Å²) in [6.45, 7) is 2.62. The van der Waals surface area contributed by atoms with Gasteiger partial charge in [-0.2, -0.15) is 0 Å². The Morgan fingerprint density at radius 3 is 2.58 bits per heavy atom. The average molecular weight is 393 g/mol. The van der Waals surface area contributed by atoms with Gasteiger partial charge in [-0.25, -0.2) is 0 Å². The van der Waals surface area contributed by atoms with Gasteiger partial charge in [-0.3, -0.25) is 9.53 Å². The molecule has 2 fully saturated rings. The molecule has 1 aromatic rings. The molecule has 0 saturated carbocycles. The van der Waals surface area contributed by atoms with Crippen LogP contribution in [0.15, 0.2) is 24.3 Å². The maximum absolute atomic E-state index is 12.6. The zero-order chi connectivity index (χ0) is 17.9. The molecule has 2 aliphatic heterocycles. The summed E-state index contributed by atoms with van der Waals surface area (Å²) in [4.78, 5) is 14.2. The fraction of sp³-hybridized carbons (Fsp3) is 0.611. The van der Waals surface area contributed by atoms with Crippen LogP contribution in [0.1, 0.15) is 35.2 Å². The Hall–Kier alpha value is -1.31. The molecule has 146 valence electrons. The topological polar surface area (TPSA) is 41.6 Å². The Labute approximate surface area is 157 Å². The summed E-state index contributed by atoms with van der Waals surface area (Å²) < 4.78 is 40.9. The standard InChI is InChI=1S/C18H23F3N2O2.ClH/c19-18(20,21)25-16-5-8-23(9-6-16)17(24)15-3-1-2-13(11-15)10-14-4-7-22-12-14;/h1-3,11,14,16,22H,4-10,12H2;1H. The first kappa shape index (κ1) is 21.0. The molecule has 0 aromatic heterocycles. The number of piperidine rings is 1. The van der Waals surface area contributed by atoms with Gasteiger partial charge in [-0.1, -0.05) is 12.1 Å². The lowest BCUT2D eigenvalue weighted by molar-refractivity contribution is -0.345. The lowest BCUT2D eigenvalue weighted by atomic mass is 9.97. The van der Waals surface area contributed by atoms with E-state index in [-0.39, 0.29) is 44.2 Å². The number of likely N-dealkylation sites (tertiary alicyclic amines) is 1. The Balaban J connectivity index is 0.00000243. The molecule has 26 heavy (non-hydrogen) atoms. The van der Waals surface area contributed by atoms with Crippen molar-refractivity contribution in [1.29, 1.82) is 0 Å². The Bertz CT molecular complexity index is 598. The maximum Gasteiger partial charge on any atom is 0.522 e. The number of alkyl halides is 3. The van der Waals surface area contributed by atoms with Crippen molar-refractivity contribution in [2.45, 2.75) is 38.1 Å². The van der Waals surface area contributed by atoms with Gasteiger partial charge < -0.3 is 10.2 Å². The van der Waals surface area contributed by atoms with Gasteiger partial charge in [-0.05, 0) is 62.4 Å². The smallest absolute Gasteiger partial charge is 0.338 e. The van der Waals surface area contributed by atoms with Crippen molar-refractivity contribution in [3.8, 4) is 0 Å². The fourth-order valence-electron chi connectivity index (χ4n) is 3.60. The van der Waals surface area contributed by atoms with E-state index in [4.69, 9.17) is 0 Å². The minimum absolute atomic E-state index is 0. The second kappa shape index (κ2) is 9.06. The largest absolute Gasteiger partial charge is 0.522 e. The van der Waals surface area contributed by atoms with E-state index >= 15 is 0 Å². The van der Waals surface area contributed by atoms with Gasteiger partial charge in [0.2, 0.25) is 0 Å². The van der Waals surface area contributed by atoms with E-state index in [9.17, 15) is 18.0 Å². The predicted molar refractivity (Wildman–Crippen MR) is 94.4 cm³/mol. The van der Waals surface area contributed by atoms with Gasteiger partial charge in [-0.15, -0.1) is 25.6 Å². The van der Waals surface area contributed by atoms with Crippen LogP contribution in [0.3, 0.4) is 0 Å². The molecule has 0 bridgehead atoms. The van der Waals surface area contributed by atoms with Gasteiger partial charge in [0.1, 0.15) is 0 Å².